The third-order valence-corrected chi connectivity index (χ3v) is 136. The molecule has 7 nitrogen and oxygen atoms in total. The summed E-state index contributed by atoms with van der Waals surface area (Å²) in [6, 6.07) is 15.1. The Balaban J connectivity index is 0.00000209. The highest BCUT2D eigenvalue weighted by Gasteiger charge is 2.43. The molecule has 69 heteroatoms. The zero-order valence-electron chi connectivity index (χ0n) is 43.2. The quantitative estimate of drug-likeness (QED) is 0.291. The van der Waals surface area contributed by atoms with Gasteiger partial charge >= 0.3 is 8.80 Å². The normalized spacial score (nSPS) is 8.77. The minimum atomic E-state index is -2.85. The van der Waals surface area contributed by atoms with Gasteiger partial charge in [-0.25, -0.2) is 0 Å². The lowest BCUT2D eigenvalue weighted by Crippen LogP contribution is -2.56. The molecule has 0 atom stereocenters. The number of halogens is 1. The Kier molecular flexibility index (Phi) is 96.1. The number of benzene rings is 2. The van der Waals surface area contributed by atoms with Crippen LogP contribution in [0.3, 0.4) is 0 Å². The SMILES string of the molecule is CC(=O)Nc1ccc(I)cc1.CCO[Si](OCC)(OCC)c1ccc(NC(C)=O)cc1.S=S=S=S=S=S=S=S=S=S=S=S=S=S=S=S=S=S=S=S=S=S=S=S=S=S=S=S=S=S=S=S=S=S=S=S=S=S=S=S=S=S=S=S=S=S=S=S=S=S=S=S=S=S=S=S=S=S=S=S. The maximum Gasteiger partial charge on any atom is 0.537 e. The molecule has 0 saturated heterocycles. The van der Waals surface area contributed by atoms with Crippen molar-refractivity contribution in [3.05, 3.63) is 52.1 Å². The molecule has 0 fully saturated rings. The average molecular weight is 2480 g/mol. The Hall–Kier alpha value is 11.4. The van der Waals surface area contributed by atoms with Gasteiger partial charge in [0.2, 0.25) is 11.8 Å². The van der Waals surface area contributed by atoms with Gasteiger partial charge in [-0.1, -0.05) is 12.1 Å². The van der Waals surface area contributed by atoms with Crippen LogP contribution in [0.5, 0.6) is 0 Å². The van der Waals surface area contributed by atoms with Crippen LogP contribution in [0.2, 0.25) is 0 Å². The molecular formula is C22H31IN2O5S60Si. The van der Waals surface area contributed by atoms with Crippen LogP contribution in [0.15, 0.2) is 48.5 Å². The van der Waals surface area contributed by atoms with Crippen molar-refractivity contribution in [3.63, 3.8) is 0 Å². The second kappa shape index (κ2) is 85.4. The van der Waals surface area contributed by atoms with E-state index < -0.39 is 8.80 Å². The van der Waals surface area contributed by atoms with Crippen molar-refractivity contribution in [2.45, 2.75) is 34.6 Å². The van der Waals surface area contributed by atoms with E-state index in [1.54, 1.807) is 107 Å². The van der Waals surface area contributed by atoms with Gasteiger partial charge in [0.25, 0.3) is 0 Å². The number of rotatable bonds is 9. The van der Waals surface area contributed by atoms with Crippen LogP contribution in [0, 0.1) is 3.57 Å². The lowest BCUT2D eigenvalue weighted by Gasteiger charge is -2.28. The molecule has 2 amide bonds. The predicted octanol–water partition coefficient (Wildman–Crippen LogP) is 4.01. The minimum absolute atomic E-state index is 0.0359. The van der Waals surface area contributed by atoms with Crippen LogP contribution < -0.4 is 15.8 Å². The summed E-state index contributed by atoms with van der Waals surface area (Å²) < 4.78 is 18.6. The van der Waals surface area contributed by atoms with Gasteiger partial charge < -0.3 is 23.9 Å². The van der Waals surface area contributed by atoms with E-state index in [9.17, 15) is 9.59 Å². The molecular weight excluding hydrogens is 2450 g/mol. The number of amides is 2. The average Bonchev–Trinajstić information content (AvgIpc) is 0.963. The summed E-state index contributed by atoms with van der Waals surface area (Å²) in [7, 11) is 101. The summed E-state index contributed by atoms with van der Waals surface area (Å²) in [5.74, 6) is -0.133. The second-order valence-corrected chi connectivity index (χ2v) is 117. The van der Waals surface area contributed by atoms with E-state index in [1.807, 2.05) is 460 Å². The first-order valence-corrected chi connectivity index (χ1v) is 101. The van der Waals surface area contributed by atoms with Gasteiger partial charge in [-0.3, -0.25) is 9.59 Å². The van der Waals surface area contributed by atoms with Crippen LogP contribution in [-0.4, -0.2) is 40.4 Å². The van der Waals surface area contributed by atoms with Gasteiger partial charge in [0.1, 0.15) is 0 Å². The number of nitrogens with one attached hydrogen (secondary N) is 2. The number of hydrogen-bond acceptors (Lipinski definition) is 7. The van der Waals surface area contributed by atoms with Crippen LogP contribution in [0.1, 0.15) is 34.6 Å². The van der Waals surface area contributed by atoms with E-state index in [1.165, 1.54) is 31.6 Å². The molecule has 0 radical (unpaired) electrons. The molecule has 530 valence electrons. The summed E-state index contributed by atoms with van der Waals surface area (Å²) in [5, 5.41) is 6.32. The highest BCUT2D eigenvalue weighted by molar-refractivity contribution is 14.1. The first-order valence-electron chi connectivity index (χ1n) is 19.9. The Labute approximate surface area is 718 Å². The fourth-order valence-corrected chi connectivity index (χ4v) is 160. The van der Waals surface area contributed by atoms with Crippen molar-refractivity contribution in [2.24, 2.45) is 0 Å². The van der Waals surface area contributed by atoms with Gasteiger partial charge in [-0.15, -0.1) is 0 Å². The van der Waals surface area contributed by atoms with Crippen LogP contribution in [-0.2, 0) is 560 Å². The molecule has 0 aliphatic heterocycles. The van der Waals surface area contributed by atoms with E-state index in [2.05, 4.69) is 33.2 Å². The zero-order chi connectivity index (χ0) is 66.3. The summed E-state index contributed by atoms with van der Waals surface area (Å²) in [5.41, 5.74) is 1.59. The minimum Gasteiger partial charge on any atom is -0.370 e. The maximum atomic E-state index is 11.0. The van der Waals surface area contributed by atoms with E-state index in [-0.39, 0.29) is 11.8 Å². The summed E-state index contributed by atoms with van der Waals surface area (Å²) in [4.78, 5) is 21.6. The van der Waals surface area contributed by atoms with Crippen LogP contribution in [0.25, 0.3) is 0 Å². The van der Waals surface area contributed by atoms with E-state index in [4.69, 9.17) is 35.7 Å². The molecule has 0 aliphatic carbocycles. The summed E-state index contributed by atoms with van der Waals surface area (Å²) >= 11 is 11.9. The molecule has 0 aromatic heterocycles. The fraction of sp³-hybridized carbons (Fsp3) is 0.364. The van der Waals surface area contributed by atoms with E-state index in [0.29, 0.717) is 19.8 Å². The Bertz CT molecular complexity index is 5400. The first-order chi connectivity index (χ1) is 44.7. The lowest BCUT2D eigenvalue weighted by molar-refractivity contribution is -0.115. The molecule has 2 N–H and O–H groups in total. The van der Waals surface area contributed by atoms with Crippen molar-refractivity contribution in [1.29, 1.82) is 0 Å². The molecule has 0 bridgehead atoms. The number of anilines is 2. The fourth-order valence-electron chi connectivity index (χ4n) is 3.28. The summed E-state index contributed by atoms with van der Waals surface area (Å²) in [6.07, 6.45) is 0. The molecule has 0 heterocycles. The number of carbonyl (C=O) groups is 2. The van der Waals surface area contributed by atoms with E-state index >= 15 is 0 Å². The van der Waals surface area contributed by atoms with Crippen LogP contribution >= 0.6 is 22.6 Å². The molecule has 91 heavy (non-hydrogen) atoms. The Morgan fingerprint density at radius 2 is 0.462 bits per heavy atom. The number of hydrogen-bond donors (Lipinski definition) is 2. The van der Waals surface area contributed by atoms with Gasteiger partial charge in [-0.2, -0.15) is 0 Å². The Morgan fingerprint density at radius 3 is 0.604 bits per heavy atom. The van der Waals surface area contributed by atoms with Gasteiger partial charge in [0.15, 0.2) is 0 Å². The first kappa shape index (κ1) is 102. The standard InChI is InChI=1S/C14H23NO4Si.C8H8INO.S60/c1-5-17-20(18-6-2,19-7-3)14-10-8-13(9-11-14)15-12(4)16;1-6(11)10-8-4-2-7(9)3-5-8;1-3-5-7-9-11-13-15-17-19-21-23-25-27-29-31-33-35-37-39-41-43-45-47-49-51-53-55-57-59-60-58-56-54-52-50-48-46-44-42-40-38-36-34-32-30-28-26-24-22-20-18-16-14-12-10-8-6-4-2/h8-11H,5-7H2,1-4H3,(H,15,16);2-5H,1H3,(H,10,11);. The molecule has 2 aromatic rings. The van der Waals surface area contributed by atoms with Crippen molar-refractivity contribution < 1.29 is 22.9 Å². The highest BCUT2D eigenvalue weighted by atomic mass is 127. The largest absolute Gasteiger partial charge is 0.537 e. The maximum absolute atomic E-state index is 11.0. The van der Waals surface area contributed by atoms with Crippen molar-refractivity contribution in [2.75, 3.05) is 30.5 Å². The van der Waals surface area contributed by atoms with Crippen molar-refractivity contribution in [1.82, 2.24) is 0 Å². The Morgan fingerprint density at radius 1 is 0.308 bits per heavy atom. The molecule has 0 saturated carbocycles. The van der Waals surface area contributed by atoms with Gasteiger partial charge in [-0.05, 0) is 79.8 Å². The zero-order valence-corrected chi connectivity index (χ0v) is 95.3. The third-order valence-electron chi connectivity index (χ3n) is 5.31. The van der Waals surface area contributed by atoms with Crippen molar-refractivity contribution >= 4 is 597 Å². The highest BCUT2D eigenvalue weighted by Crippen LogP contribution is 2.14. The van der Waals surface area contributed by atoms with Crippen LogP contribution in [0.4, 0.5) is 11.4 Å². The lowest BCUT2D eigenvalue weighted by atomic mass is 10.3. The van der Waals surface area contributed by atoms with E-state index in [0.717, 1.165) is 20.1 Å². The predicted molar refractivity (Wildman–Crippen MR) is 576 cm³/mol. The summed E-state index contributed by atoms with van der Waals surface area (Å²) in [6.45, 7) is 10.3. The third kappa shape index (κ3) is 76.6. The smallest absolute Gasteiger partial charge is 0.370 e. The monoisotopic (exact) mass is 2480 g/mol. The van der Waals surface area contributed by atoms with Crippen molar-refractivity contribution in [3.8, 4) is 0 Å². The molecule has 2 aromatic carbocycles. The molecule has 0 spiro atoms. The number of carbonyl (C=O) groups excluding carboxylic acids is 2. The second-order valence-electron chi connectivity index (χ2n) is 10.2. The van der Waals surface area contributed by atoms with Gasteiger partial charge in [0, 0.05) is 591 Å². The molecule has 2 rings (SSSR count). The van der Waals surface area contributed by atoms with Gasteiger partial charge in [0.05, 0.1) is 0 Å². The molecule has 0 unspecified atom stereocenters. The molecule has 0 aliphatic rings. The topological polar surface area (TPSA) is 85.9 Å².